The standard InChI is InChI=1S/C18H20O/c1-3-17(16-7-5-4-6-8-16)18(19)13-15-11-9-14(2)10-12-15/h4-12,17H,3,13H2,1-2H3. The van der Waals surface area contributed by atoms with Crippen LogP contribution in [0.1, 0.15) is 36.0 Å². The molecule has 0 heterocycles. The fourth-order valence-electron chi connectivity index (χ4n) is 2.36. The number of Topliss-reactive ketones (excluding diaryl/α,β-unsaturated/α-hetero) is 1. The molecule has 0 bridgehead atoms. The van der Waals surface area contributed by atoms with Crippen LogP contribution in [0.25, 0.3) is 0 Å². The molecule has 0 saturated carbocycles. The summed E-state index contributed by atoms with van der Waals surface area (Å²) in [4.78, 5) is 12.4. The first-order chi connectivity index (χ1) is 9.20. The van der Waals surface area contributed by atoms with Crippen LogP contribution in [0.4, 0.5) is 0 Å². The van der Waals surface area contributed by atoms with Crippen molar-refractivity contribution in [2.24, 2.45) is 0 Å². The molecule has 0 fully saturated rings. The summed E-state index contributed by atoms with van der Waals surface area (Å²) in [5.41, 5.74) is 3.46. The Morgan fingerprint density at radius 1 is 1.00 bits per heavy atom. The van der Waals surface area contributed by atoms with Crippen molar-refractivity contribution in [1.82, 2.24) is 0 Å². The highest BCUT2D eigenvalue weighted by Gasteiger charge is 2.18. The van der Waals surface area contributed by atoms with Crippen LogP contribution in [-0.2, 0) is 11.2 Å². The molecule has 0 aliphatic carbocycles. The highest BCUT2D eigenvalue weighted by molar-refractivity contribution is 5.87. The molecule has 0 saturated heterocycles. The average molecular weight is 252 g/mol. The van der Waals surface area contributed by atoms with Crippen molar-refractivity contribution in [2.45, 2.75) is 32.6 Å². The first-order valence-corrected chi connectivity index (χ1v) is 6.84. The Hall–Kier alpha value is -1.89. The second kappa shape index (κ2) is 6.33. The summed E-state index contributed by atoms with van der Waals surface area (Å²) in [6, 6.07) is 18.3. The minimum atomic E-state index is 0.0162. The van der Waals surface area contributed by atoms with Crippen LogP contribution in [0.3, 0.4) is 0 Å². The molecule has 0 spiro atoms. The van der Waals surface area contributed by atoms with Crippen LogP contribution in [-0.4, -0.2) is 5.78 Å². The van der Waals surface area contributed by atoms with Crippen molar-refractivity contribution in [3.8, 4) is 0 Å². The van der Waals surface area contributed by atoms with Crippen LogP contribution in [0, 0.1) is 6.92 Å². The predicted molar refractivity (Wildman–Crippen MR) is 79.4 cm³/mol. The van der Waals surface area contributed by atoms with Gasteiger partial charge >= 0.3 is 0 Å². The van der Waals surface area contributed by atoms with E-state index in [1.54, 1.807) is 0 Å². The monoisotopic (exact) mass is 252 g/mol. The first-order valence-electron chi connectivity index (χ1n) is 6.84. The molecular weight excluding hydrogens is 232 g/mol. The normalized spacial score (nSPS) is 12.1. The molecule has 1 atom stereocenters. The predicted octanol–water partition coefficient (Wildman–Crippen LogP) is 4.30. The lowest BCUT2D eigenvalue weighted by molar-refractivity contribution is -0.119. The summed E-state index contributed by atoms with van der Waals surface area (Å²) in [5, 5.41) is 0. The Balaban J connectivity index is 2.11. The van der Waals surface area contributed by atoms with Gasteiger partial charge in [-0.25, -0.2) is 0 Å². The van der Waals surface area contributed by atoms with Gasteiger partial charge in [0.2, 0.25) is 0 Å². The minimum Gasteiger partial charge on any atom is -0.299 e. The largest absolute Gasteiger partial charge is 0.299 e. The number of benzene rings is 2. The first kappa shape index (κ1) is 13.5. The number of hydrogen-bond donors (Lipinski definition) is 0. The van der Waals surface area contributed by atoms with Crippen molar-refractivity contribution in [2.75, 3.05) is 0 Å². The maximum absolute atomic E-state index is 12.4. The number of rotatable bonds is 5. The van der Waals surface area contributed by atoms with E-state index in [0.717, 1.165) is 17.5 Å². The van der Waals surface area contributed by atoms with Gasteiger partial charge in [0.15, 0.2) is 0 Å². The number of ketones is 1. The third-order valence-electron chi connectivity index (χ3n) is 3.50. The molecule has 0 aromatic heterocycles. The van der Waals surface area contributed by atoms with Crippen molar-refractivity contribution in [3.05, 3.63) is 71.3 Å². The van der Waals surface area contributed by atoms with Gasteiger partial charge in [-0.3, -0.25) is 4.79 Å². The van der Waals surface area contributed by atoms with Gasteiger partial charge in [0.05, 0.1) is 0 Å². The fraction of sp³-hybridized carbons (Fsp3) is 0.278. The van der Waals surface area contributed by atoms with E-state index < -0.39 is 0 Å². The minimum absolute atomic E-state index is 0.0162. The summed E-state index contributed by atoms with van der Waals surface area (Å²) < 4.78 is 0. The Morgan fingerprint density at radius 3 is 2.21 bits per heavy atom. The lowest BCUT2D eigenvalue weighted by atomic mass is 9.89. The van der Waals surface area contributed by atoms with E-state index in [0.29, 0.717) is 12.2 Å². The topological polar surface area (TPSA) is 17.1 Å². The van der Waals surface area contributed by atoms with Gasteiger partial charge in [0, 0.05) is 12.3 Å². The number of aryl methyl sites for hydroxylation is 1. The van der Waals surface area contributed by atoms with E-state index in [4.69, 9.17) is 0 Å². The molecule has 2 rings (SSSR count). The third kappa shape index (κ3) is 3.54. The van der Waals surface area contributed by atoms with E-state index in [9.17, 15) is 4.79 Å². The third-order valence-corrected chi connectivity index (χ3v) is 3.50. The Labute approximate surface area is 115 Å². The summed E-state index contributed by atoms with van der Waals surface area (Å²) in [7, 11) is 0. The van der Waals surface area contributed by atoms with E-state index in [1.807, 2.05) is 42.5 Å². The maximum atomic E-state index is 12.4. The molecule has 0 aliphatic rings. The van der Waals surface area contributed by atoms with Crippen LogP contribution < -0.4 is 0 Å². The molecule has 0 amide bonds. The van der Waals surface area contributed by atoms with E-state index in [-0.39, 0.29) is 5.92 Å². The SMILES string of the molecule is CCC(C(=O)Cc1ccc(C)cc1)c1ccccc1. The average Bonchev–Trinajstić information content (AvgIpc) is 2.43. The zero-order valence-electron chi connectivity index (χ0n) is 11.6. The summed E-state index contributed by atoms with van der Waals surface area (Å²) in [5.74, 6) is 0.319. The second-order valence-corrected chi connectivity index (χ2v) is 5.00. The molecule has 2 aromatic carbocycles. The maximum Gasteiger partial charge on any atom is 0.144 e. The van der Waals surface area contributed by atoms with Crippen LogP contribution in [0.5, 0.6) is 0 Å². The van der Waals surface area contributed by atoms with Crippen molar-refractivity contribution >= 4 is 5.78 Å². The van der Waals surface area contributed by atoms with Crippen molar-refractivity contribution in [1.29, 1.82) is 0 Å². The molecule has 98 valence electrons. The van der Waals surface area contributed by atoms with Crippen LogP contribution >= 0.6 is 0 Å². The fourth-order valence-corrected chi connectivity index (χ4v) is 2.36. The van der Waals surface area contributed by atoms with Crippen molar-refractivity contribution in [3.63, 3.8) is 0 Å². The lowest BCUT2D eigenvalue weighted by Crippen LogP contribution is -2.14. The smallest absolute Gasteiger partial charge is 0.144 e. The molecular formula is C18H20O. The molecule has 2 aromatic rings. The molecule has 0 N–H and O–H groups in total. The quantitative estimate of drug-likeness (QED) is 0.775. The van der Waals surface area contributed by atoms with Crippen LogP contribution in [0.2, 0.25) is 0 Å². The van der Waals surface area contributed by atoms with Gasteiger partial charge in [-0.15, -0.1) is 0 Å². The van der Waals surface area contributed by atoms with Crippen LogP contribution in [0.15, 0.2) is 54.6 Å². The molecule has 19 heavy (non-hydrogen) atoms. The Morgan fingerprint density at radius 2 is 1.63 bits per heavy atom. The van der Waals surface area contributed by atoms with Gasteiger partial charge in [-0.2, -0.15) is 0 Å². The lowest BCUT2D eigenvalue weighted by Gasteiger charge is -2.14. The van der Waals surface area contributed by atoms with E-state index in [2.05, 4.69) is 26.0 Å². The molecule has 1 unspecified atom stereocenters. The molecule has 0 aliphatic heterocycles. The van der Waals surface area contributed by atoms with Gasteiger partial charge < -0.3 is 0 Å². The van der Waals surface area contributed by atoms with E-state index in [1.165, 1.54) is 5.56 Å². The Bertz CT molecular complexity index is 525. The molecule has 1 nitrogen and oxygen atoms in total. The van der Waals surface area contributed by atoms with Gasteiger partial charge in [-0.05, 0) is 24.5 Å². The van der Waals surface area contributed by atoms with Crippen molar-refractivity contribution < 1.29 is 4.79 Å². The number of carbonyl (C=O) groups is 1. The highest BCUT2D eigenvalue weighted by Crippen LogP contribution is 2.22. The molecule has 1 heteroatoms. The number of carbonyl (C=O) groups excluding carboxylic acids is 1. The molecule has 0 radical (unpaired) electrons. The summed E-state index contributed by atoms with van der Waals surface area (Å²) >= 11 is 0. The number of hydrogen-bond acceptors (Lipinski definition) is 1. The van der Waals surface area contributed by atoms with Gasteiger partial charge in [0.1, 0.15) is 5.78 Å². The second-order valence-electron chi connectivity index (χ2n) is 5.00. The summed E-state index contributed by atoms with van der Waals surface area (Å²) in [6.07, 6.45) is 1.38. The van der Waals surface area contributed by atoms with Gasteiger partial charge in [0.25, 0.3) is 0 Å². The zero-order valence-corrected chi connectivity index (χ0v) is 11.6. The zero-order chi connectivity index (χ0) is 13.7. The highest BCUT2D eigenvalue weighted by atomic mass is 16.1. The van der Waals surface area contributed by atoms with E-state index >= 15 is 0 Å². The summed E-state index contributed by atoms with van der Waals surface area (Å²) in [6.45, 7) is 4.13. The Kier molecular flexibility index (Phi) is 4.51. The van der Waals surface area contributed by atoms with Gasteiger partial charge in [-0.1, -0.05) is 67.1 Å².